The van der Waals surface area contributed by atoms with Gasteiger partial charge in [-0.15, -0.1) is 0 Å². The average molecular weight is 292 g/mol. The van der Waals surface area contributed by atoms with Crippen LogP contribution in [-0.4, -0.2) is 36.9 Å². The van der Waals surface area contributed by atoms with Crippen LogP contribution in [0.5, 0.6) is 0 Å². The van der Waals surface area contributed by atoms with E-state index in [4.69, 9.17) is 0 Å². The number of hydrogen-bond donors (Lipinski definition) is 2. The van der Waals surface area contributed by atoms with E-state index in [-0.39, 0.29) is 23.5 Å². The van der Waals surface area contributed by atoms with E-state index in [1.165, 1.54) is 0 Å². The van der Waals surface area contributed by atoms with Crippen LogP contribution in [-0.2, 0) is 9.84 Å². The molecule has 1 saturated heterocycles. The SMILES string of the molecule is O=C(NC1CCCS(=O)(=O)C1)c1c[nH]c2ccccc12. The van der Waals surface area contributed by atoms with Crippen LogP contribution >= 0.6 is 0 Å². The number of sulfone groups is 1. The van der Waals surface area contributed by atoms with Crippen molar-refractivity contribution in [1.82, 2.24) is 10.3 Å². The van der Waals surface area contributed by atoms with Gasteiger partial charge in [0.25, 0.3) is 5.91 Å². The number of para-hydroxylation sites is 1. The Bertz CT molecular complexity index is 749. The monoisotopic (exact) mass is 292 g/mol. The van der Waals surface area contributed by atoms with E-state index in [0.29, 0.717) is 18.4 Å². The van der Waals surface area contributed by atoms with Crippen molar-refractivity contribution in [3.63, 3.8) is 0 Å². The lowest BCUT2D eigenvalue weighted by Gasteiger charge is -2.22. The minimum Gasteiger partial charge on any atom is -0.360 e. The molecular formula is C14H16N2O3S. The first-order chi connectivity index (χ1) is 9.55. The fourth-order valence-corrected chi connectivity index (χ4v) is 4.30. The fourth-order valence-electron chi connectivity index (χ4n) is 2.66. The van der Waals surface area contributed by atoms with Gasteiger partial charge in [-0.3, -0.25) is 4.79 Å². The number of benzene rings is 1. The number of rotatable bonds is 2. The third-order valence-electron chi connectivity index (χ3n) is 3.63. The molecule has 0 bridgehead atoms. The molecule has 0 saturated carbocycles. The fraction of sp³-hybridized carbons (Fsp3) is 0.357. The van der Waals surface area contributed by atoms with E-state index >= 15 is 0 Å². The van der Waals surface area contributed by atoms with E-state index in [9.17, 15) is 13.2 Å². The zero-order valence-corrected chi connectivity index (χ0v) is 11.7. The summed E-state index contributed by atoms with van der Waals surface area (Å²) in [7, 11) is -3.01. The molecule has 0 spiro atoms. The molecule has 5 nitrogen and oxygen atoms in total. The van der Waals surface area contributed by atoms with Crippen LogP contribution in [0.3, 0.4) is 0 Å². The molecule has 1 amide bonds. The van der Waals surface area contributed by atoms with Gasteiger partial charge in [-0.05, 0) is 18.9 Å². The number of aromatic amines is 1. The zero-order valence-electron chi connectivity index (χ0n) is 10.9. The Kier molecular flexibility index (Phi) is 3.25. The average Bonchev–Trinajstić information content (AvgIpc) is 2.81. The molecule has 20 heavy (non-hydrogen) atoms. The molecule has 1 unspecified atom stereocenters. The van der Waals surface area contributed by atoms with Crippen molar-refractivity contribution in [1.29, 1.82) is 0 Å². The van der Waals surface area contributed by atoms with Gasteiger partial charge < -0.3 is 10.3 Å². The molecule has 2 aromatic rings. The Labute approximate surface area is 117 Å². The Hall–Kier alpha value is -1.82. The van der Waals surface area contributed by atoms with Gasteiger partial charge in [0.05, 0.1) is 17.1 Å². The molecule has 0 radical (unpaired) electrons. The second-order valence-corrected chi connectivity index (χ2v) is 7.40. The van der Waals surface area contributed by atoms with Crippen molar-refractivity contribution in [2.75, 3.05) is 11.5 Å². The number of hydrogen-bond acceptors (Lipinski definition) is 3. The molecule has 0 aliphatic carbocycles. The van der Waals surface area contributed by atoms with E-state index in [1.807, 2.05) is 24.3 Å². The van der Waals surface area contributed by atoms with E-state index in [1.54, 1.807) is 6.20 Å². The summed E-state index contributed by atoms with van der Waals surface area (Å²) in [6, 6.07) is 7.26. The number of carbonyl (C=O) groups is 1. The third-order valence-corrected chi connectivity index (χ3v) is 5.45. The molecule has 1 atom stereocenters. The summed E-state index contributed by atoms with van der Waals surface area (Å²) in [6.45, 7) is 0. The van der Waals surface area contributed by atoms with Gasteiger partial charge in [-0.1, -0.05) is 18.2 Å². The topological polar surface area (TPSA) is 79.0 Å². The summed E-state index contributed by atoms with van der Waals surface area (Å²) in [5.74, 6) is 0.0534. The summed E-state index contributed by atoms with van der Waals surface area (Å²) in [5.41, 5.74) is 1.46. The molecule has 1 fully saturated rings. The highest BCUT2D eigenvalue weighted by Gasteiger charge is 2.26. The van der Waals surface area contributed by atoms with Crippen LogP contribution in [0.15, 0.2) is 30.5 Å². The van der Waals surface area contributed by atoms with Crippen molar-refractivity contribution in [3.05, 3.63) is 36.0 Å². The lowest BCUT2D eigenvalue weighted by atomic mass is 10.1. The first kappa shape index (κ1) is 13.2. The second-order valence-electron chi connectivity index (χ2n) is 5.17. The molecule has 3 rings (SSSR count). The number of aromatic nitrogens is 1. The lowest BCUT2D eigenvalue weighted by molar-refractivity contribution is 0.0940. The third kappa shape index (κ3) is 2.56. The predicted octanol–water partition coefficient (Wildman–Crippen LogP) is 1.47. The maximum Gasteiger partial charge on any atom is 0.253 e. The highest BCUT2D eigenvalue weighted by atomic mass is 32.2. The molecule has 1 aromatic heterocycles. The van der Waals surface area contributed by atoms with Gasteiger partial charge in [-0.2, -0.15) is 0 Å². The predicted molar refractivity (Wildman–Crippen MR) is 77.4 cm³/mol. The van der Waals surface area contributed by atoms with Gasteiger partial charge in [0, 0.05) is 23.1 Å². The molecule has 2 heterocycles. The Morgan fingerprint density at radius 2 is 2.10 bits per heavy atom. The van der Waals surface area contributed by atoms with Crippen molar-refractivity contribution in [3.8, 4) is 0 Å². The Morgan fingerprint density at radius 3 is 2.90 bits per heavy atom. The smallest absolute Gasteiger partial charge is 0.253 e. The number of H-pyrrole nitrogens is 1. The summed E-state index contributed by atoms with van der Waals surface area (Å²) in [4.78, 5) is 15.3. The maximum atomic E-state index is 12.3. The van der Waals surface area contributed by atoms with Crippen molar-refractivity contribution in [2.24, 2.45) is 0 Å². The first-order valence-corrected chi connectivity index (χ1v) is 8.45. The Morgan fingerprint density at radius 1 is 1.30 bits per heavy atom. The number of carbonyl (C=O) groups excluding carboxylic acids is 1. The molecule has 6 heteroatoms. The molecular weight excluding hydrogens is 276 g/mol. The summed E-state index contributed by atoms with van der Waals surface area (Å²) in [6.07, 6.45) is 2.99. The minimum absolute atomic E-state index is 0.0428. The minimum atomic E-state index is -3.01. The zero-order chi connectivity index (χ0) is 14.2. The Balaban J connectivity index is 1.80. The first-order valence-electron chi connectivity index (χ1n) is 6.62. The molecule has 1 aromatic carbocycles. The van der Waals surface area contributed by atoms with E-state index < -0.39 is 9.84 Å². The van der Waals surface area contributed by atoms with Crippen molar-refractivity contribution < 1.29 is 13.2 Å². The van der Waals surface area contributed by atoms with E-state index in [2.05, 4.69) is 10.3 Å². The van der Waals surface area contributed by atoms with Crippen LogP contribution < -0.4 is 5.32 Å². The highest BCUT2D eigenvalue weighted by Crippen LogP contribution is 2.18. The van der Waals surface area contributed by atoms with Crippen LogP contribution in [0.4, 0.5) is 0 Å². The second kappa shape index (κ2) is 4.94. The van der Waals surface area contributed by atoms with Crippen LogP contribution in [0.1, 0.15) is 23.2 Å². The quantitative estimate of drug-likeness (QED) is 0.880. The standard InChI is InChI=1S/C14H16N2O3S/c17-14(16-10-4-3-7-20(18,19)9-10)12-8-15-13-6-2-1-5-11(12)13/h1-2,5-6,8,10,15H,3-4,7,9H2,(H,16,17). The lowest BCUT2D eigenvalue weighted by Crippen LogP contribution is -2.43. The number of amides is 1. The van der Waals surface area contributed by atoms with Crippen LogP contribution in [0, 0.1) is 0 Å². The van der Waals surface area contributed by atoms with Gasteiger partial charge in [0.2, 0.25) is 0 Å². The van der Waals surface area contributed by atoms with Gasteiger partial charge in [0.15, 0.2) is 9.84 Å². The number of fused-ring (bicyclic) bond motifs is 1. The van der Waals surface area contributed by atoms with E-state index in [0.717, 1.165) is 10.9 Å². The van der Waals surface area contributed by atoms with Crippen molar-refractivity contribution in [2.45, 2.75) is 18.9 Å². The molecule has 1 aliphatic rings. The summed E-state index contributed by atoms with van der Waals surface area (Å²) in [5, 5.41) is 3.68. The number of nitrogens with one attached hydrogen (secondary N) is 2. The highest BCUT2D eigenvalue weighted by molar-refractivity contribution is 7.91. The molecule has 106 valence electrons. The van der Waals surface area contributed by atoms with Gasteiger partial charge in [-0.25, -0.2) is 8.42 Å². The maximum absolute atomic E-state index is 12.3. The van der Waals surface area contributed by atoms with Crippen LogP contribution in [0.25, 0.3) is 10.9 Å². The van der Waals surface area contributed by atoms with Gasteiger partial charge >= 0.3 is 0 Å². The summed E-state index contributed by atoms with van der Waals surface area (Å²) < 4.78 is 23.2. The normalized spacial score (nSPS) is 21.7. The largest absolute Gasteiger partial charge is 0.360 e. The molecule has 2 N–H and O–H groups in total. The van der Waals surface area contributed by atoms with Crippen LogP contribution in [0.2, 0.25) is 0 Å². The summed E-state index contributed by atoms with van der Waals surface area (Å²) >= 11 is 0. The van der Waals surface area contributed by atoms with Crippen molar-refractivity contribution >= 4 is 26.6 Å². The molecule has 1 aliphatic heterocycles. The van der Waals surface area contributed by atoms with Gasteiger partial charge in [0.1, 0.15) is 0 Å².